The van der Waals surface area contributed by atoms with Gasteiger partial charge in [-0.3, -0.25) is 24.7 Å². The van der Waals surface area contributed by atoms with Crippen molar-refractivity contribution in [2.45, 2.75) is 57.0 Å². The average Bonchev–Trinajstić information content (AvgIpc) is 3.05. The monoisotopic (exact) mass is 742 g/mol. The fourth-order valence-corrected chi connectivity index (χ4v) is 7.51. The van der Waals surface area contributed by atoms with Gasteiger partial charge in [0.2, 0.25) is 5.91 Å². The molecule has 268 valence electrons. The predicted octanol–water partition coefficient (Wildman–Crippen LogP) is 1.71. The summed E-state index contributed by atoms with van der Waals surface area (Å²) in [6, 6.07) is 8.47. The molecule has 16 nitrogen and oxygen atoms in total. The van der Waals surface area contributed by atoms with Gasteiger partial charge in [-0.15, -0.1) is 0 Å². The predicted molar refractivity (Wildman–Crippen MR) is 186 cm³/mol. The normalized spacial score (nSPS) is 17.0. The Morgan fingerprint density at radius 2 is 1.71 bits per heavy atom. The summed E-state index contributed by atoms with van der Waals surface area (Å²) in [5.41, 5.74) is -1.08. The average molecular weight is 743 g/mol. The maximum absolute atomic E-state index is 13.8. The Kier molecular flexibility index (Phi) is 17.4. The van der Waals surface area contributed by atoms with Crippen molar-refractivity contribution in [2.24, 2.45) is 5.92 Å². The van der Waals surface area contributed by atoms with Crippen molar-refractivity contribution in [3.63, 3.8) is 0 Å². The fraction of sp³-hybridized carbons (Fsp3) is 0.552. The van der Waals surface area contributed by atoms with Gasteiger partial charge in [-0.2, -0.15) is 19.6 Å². The van der Waals surface area contributed by atoms with Crippen LogP contribution in [0.15, 0.2) is 48.9 Å². The van der Waals surface area contributed by atoms with Gasteiger partial charge in [0.15, 0.2) is 0 Å². The molecule has 0 spiro atoms. The van der Waals surface area contributed by atoms with Gasteiger partial charge < -0.3 is 24.8 Å². The van der Waals surface area contributed by atoms with Gasteiger partial charge in [-0.05, 0) is 35.3 Å². The standard InChI is InChI=1S/C29H43BN6O10P2S/c1-21(2)18-25(34-26(37)23(19-22-8-4-3-5-9-22)33-27(38)24-20-31-10-11-32-24)30-45-15-6-12-36(13-7-16-46-30)14-17-49-28(39)35-29(47(40)41)48(42,43)44/h3-5,8-11,20-21,23,25,29,42-44H,6-7,12-19H2,1-2H3,(H2-2,33,34,35,37,38,39,40,41)/p+2/t23-,25-,29?/m1/s1. The zero-order valence-corrected chi connectivity index (χ0v) is 30.1. The Bertz CT molecular complexity index is 1340. The van der Waals surface area contributed by atoms with E-state index in [9.17, 15) is 38.5 Å². The number of benzene rings is 1. The molecule has 0 radical (unpaired) electrons. The maximum Gasteiger partial charge on any atom is 0.582 e. The van der Waals surface area contributed by atoms with Crippen LogP contribution in [-0.2, 0) is 25.1 Å². The first-order chi connectivity index (χ1) is 23.3. The highest BCUT2D eigenvalue weighted by Crippen LogP contribution is 2.57. The van der Waals surface area contributed by atoms with Crippen LogP contribution in [0.3, 0.4) is 0 Å². The van der Waals surface area contributed by atoms with Gasteiger partial charge in [0.25, 0.3) is 11.1 Å². The van der Waals surface area contributed by atoms with Crippen molar-refractivity contribution in [1.82, 2.24) is 30.8 Å². The fourth-order valence-electron chi connectivity index (χ4n) is 5.02. The Labute approximate surface area is 291 Å². The zero-order chi connectivity index (χ0) is 35.8. The highest BCUT2D eigenvalue weighted by molar-refractivity contribution is 8.13. The quantitative estimate of drug-likeness (QED) is 0.102. The summed E-state index contributed by atoms with van der Waals surface area (Å²) in [4.78, 5) is 86.1. The molecule has 3 rings (SSSR count). The van der Waals surface area contributed by atoms with Crippen molar-refractivity contribution in [1.29, 1.82) is 0 Å². The number of carbonyl (C=O) groups is 3. The van der Waals surface area contributed by atoms with Crippen LogP contribution in [0, 0.1) is 5.92 Å². The van der Waals surface area contributed by atoms with E-state index in [1.54, 1.807) is 0 Å². The largest absolute Gasteiger partial charge is 0.582 e. The Morgan fingerprint density at radius 1 is 1.04 bits per heavy atom. The molecule has 1 aliphatic rings. The van der Waals surface area contributed by atoms with Crippen LogP contribution >= 0.6 is 27.7 Å². The molecule has 20 heteroatoms. The molecule has 2 heterocycles. The summed E-state index contributed by atoms with van der Waals surface area (Å²) in [6.45, 7) is 6.51. The summed E-state index contributed by atoms with van der Waals surface area (Å²) < 4.78 is 23.6. The van der Waals surface area contributed by atoms with E-state index in [4.69, 9.17) is 9.31 Å². The van der Waals surface area contributed by atoms with Crippen molar-refractivity contribution in [2.75, 3.05) is 38.6 Å². The number of thioether (sulfide) groups is 1. The molecule has 1 saturated heterocycles. The molecule has 0 saturated carbocycles. The lowest BCUT2D eigenvalue weighted by molar-refractivity contribution is -0.123. The van der Waals surface area contributed by atoms with Crippen molar-refractivity contribution in [3.05, 3.63) is 60.2 Å². The molecule has 49 heavy (non-hydrogen) atoms. The number of carbonyl (C=O) groups excluding carboxylic acids is 3. The number of nitrogens with one attached hydrogen (secondary N) is 3. The molecular weight excluding hydrogens is 697 g/mol. The summed E-state index contributed by atoms with van der Waals surface area (Å²) >= 11 is 0.791. The number of amides is 3. The molecule has 1 fully saturated rings. The second-order valence-electron chi connectivity index (χ2n) is 11.8. The number of aromatic nitrogens is 2. The van der Waals surface area contributed by atoms with Crippen LogP contribution in [0.4, 0.5) is 4.79 Å². The van der Waals surface area contributed by atoms with Crippen LogP contribution < -0.4 is 16.0 Å². The van der Waals surface area contributed by atoms with E-state index in [0.717, 1.165) is 17.3 Å². The molecule has 1 aromatic carbocycles. The number of hydrogen-bond donors (Lipinski definition) is 7. The van der Waals surface area contributed by atoms with Crippen LogP contribution in [0.5, 0.6) is 0 Å². The zero-order valence-electron chi connectivity index (χ0n) is 27.5. The van der Waals surface area contributed by atoms with Crippen molar-refractivity contribution < 1.29 is 47.8 Å². The second kappa shape index (κ2) is 20.9. The van der Waals surface area contributed by atoms with Gasteiger partial charge >= 0.3 is 28.6 Å². The lowest BCUT2D eigenvalue weighted by atomic mass is 9.73. The first-order valence-electron chi connectivity index (χ1n) is 15.9. The minimum absolute atomic E-state index is 0.0952. The molecular formula is C29H45BN6O10P2S+2. The first-order valence-corrected chi connectivity index (χ1v) is 19.8. The molecule has 3 amide bonds. The molecule has 1 aliphatic heterocycles. The maximum atomic E-state index is 13.8. The SMILES string of the molecule is CC(C)C[C@@H](NC(=O)[C@@H](Cc1ccccc1)NC(=O)c1cnccn1)B1OCCCN(CCSC(=O)NC([P+](=O)O)[P+](O)(O)O)CCCO1. The molecule has 2 unspecified atom stereocenters. The molecule has 4 atom stereocenters. The highest BCUT2D eigenvalue weighted by atomic mass is 32.2. The summed E-state index contributed by atoms with van der Waals surface area (Å²) in [5, 5.41) is 7.12. The van der Waals surface area contributed by atoms with Crippen LogP contribution in [0.2, 0.25) is 0 Å². The molecule has 0 aliphatic carbocycles. The number of rotatable bonds is 15. The number of nitrogens with zero attached hydrogens (tertiary/aromatic N) is 3. The Balaban J connectivity index is 1.58. The van der Waals surface area contributed by atoms with Gasteiger partial charge in [-0.25, -0.2) is 4.98 Å². The highest BCUT2D eigenvalue weighted by Gasteiger charge is 2.58. The summed E-state index contributed by atoms with van der Waals surface area (Å²) in [7, 11) is -8.71. The smallest absolute Gasteiger partial charge is 0.410 e. The van der Waals surface area contributed by atoms with Crippen LogP contribution in [-0.4, -0.2) is 115 Å². The summed E-state index contributed by atoms with van der Waals surface area (Å²) in [6.07, 6.45) is 6.28. The van der Waals surface area contributed by atoms with Crippen molar-refractivity contribution >= 4 is 51.9 Å². The lowest BCUT2D eigenvalue weighted by Crippen LogP contribution is -2.56. The van der Waals surface area contributed by atoms with Crippen molar-refractivity contribution in [3.8, 4) is 0 Å². The molecule has 0 bridgehead atoms. The van der Waals surface area contributed by atoms with E-state index in [1.165, 1.54) is 18.6 Å². The number of hydrogen-bond acceptors (Lipinski definition) is 13. The lowest BCUT2D eigenvalue weighted by Gasteiger charge is -2.30. The minimum Gasteiger partial charge on any atom is -0.410 e. The summed E-state index contributed by atoms with van der Waals surface area (Å²) in [5.74, 6) is -0.905. The Hall–Kier alpha value is -2.63. The van der Waals surface area contributed by atoms with Gasteiger partial charge in [0, 0.05) is 57.4 Å². The molecule has 2 aromatic rings. The third-order valence-electron chi connectivity index (χ3n) is 7.31. The topological polar surface area (TPSA) is 233 Å². The van der Waals surface area contributed by atoms with E-state index in [2.05, 4.69) is 25.5 Å². The van der Waals surface area contributed by atoms with E-state index < -0.39 is 51.7 Å². The molecule has 7 N–H and O–H groups in total. The van der Waals surface area contributed by atoms with E-state index >= 15 is 0 Å². The van der Waals surface area contributed by atoms with Gasteiger partial charge in [-0.1, -0.05) is 55.9 Å². The van der Waals surface area contributed by atoms with E-state index in [1.807, 2.05) is 49.5 Å². The Morgan fingerprint density at radius 3 is 2.29 bits per heavy atom. The van der Waals surface area contributed by atoms with Crippen LogP contribution in [0.1, 0.15) is 49.2 Å². The minimum atomic E-state index is -4.74. The van der Waals surface area contributed by atoms with Gasteiger partial charge in [0.1, 0.15) is 11.7 Å². The van der Waals surface area contributed by atoms with Crippen LogP contribution in [0.25, 0.3) is 0 Å². The first kappa shape index (κ1) is 40.8. The third kappa shape index (κ3) is 15.0. The van der Waals surface area contributed by atoms with E-state index in [0.29, 0.717) is 57.9 Å². The molecule has 1 aromatic heterocycles. The third-order valence-corrected chi connectivity index (χ3v) is 10.9. The van der Waals surface area contributed by atoms with E-state index in [-0.39, 0.29) is 23.9 Å². The van der Waals surface area contributed by atoms with Gasteiger partial charge in [0.05, 0.1) is 12.1 Å². The second-order valence-corrected chi connectivity index (χ2v) is 16.1.